The second-order valence-electron chi connectivity index (χ2n) is 6.61. The van der Waals surface area contributed by atoms with E-state index in [-0.39, 0.29) is 18.6 Å². The second-order valence-corrected chi connectivity index (χ2v) is 14.1. The van der Waals surface area contributed by atoms with Crippen LogP contribution in [0.5, 0.6) is 0 Å². The molecule has 0 atom stereocenters. The number of ketones is 1. The molecule has 0 unspecified atom stereocenters. The molecule has 0 spiro atoms. The molecule has 1 aliphatic rings. The Morgan fingerprint density at radius 3 is 2.23 bits per heavy atom. The van der Waals surface area contributed by atoms with Gasteiger partial charge < -0.3 is 0 Å². The van der Waals surface area contributed by atoms with E-state index in [9.17, 15) is 26.4 Å². The first kappa shape index (κ1) is 23.2. The molecule has 0 fully saturated rings. The number of rotatable bonds is 6. The topological polar surface area (TPSA) is 60.4 Å². The van der Waals surface area contributed by atoms with Gasteiger partial charge in [-0.15, -0.1) is 0 Å². The van der Waals surface area contributed by atoms with E-state index in [1.165, 1.54) is 11.3 Å². The summed E-state index contributed by atoms with van der Waals surface area (Å²) in [6, 6.07) is 11.4. The molecule has 30 heavy (non-hydrogen) atoms. The Morgan fingerprint density at radius 2 is 1.67 bits per heavy atom. The number of benzene rings is 1. The molecule has 1 aromatic heterocycles. The van der Waals surface area contributed by atoms with E-state index in [0.717, 1.165) is 11.1 Å². The minimum atomic E-state index is -5.82. The van der Waals surface area contributed by atoms with Crippen molar-refractivity contribution in [2.75, 3.05) is 0 Å². The molecule has 10 heteroatoms. The summed E-state index contributed by atoms with van der Waals surface area (Å²) in [6.45, 7) is 3.70. The fourth-order valence-electron chi connectivity index (χ4n) is 2.78. The molecular weight excluding hydrogens is 552 g/mol. The van der Waals surface area contributed by atoms with Gasteiger partial charge in [0.2, 0.25) is 0 Å². The maximum absolute atomic E-state index is 13.1. The quantitative estimate of drug-likeness (QED) is 0.173. The summed E-state index contributed by atoms with van der Waals surface area (Å²) in [5.74, 6) is -0.293. The van der Waals surface area contributed by atoms with Crippen LogP contribution in [-0.2, 0) is 12.6 Å². The van der Waals surface area contributed by atoms with Gasteiger partial charge in [-0.2, -0.15) is 0 Å². The van der Waals surface area contributed by atoms with Crippen LogP contribution in [0.25, 0.3) is 0 Å². The summed E-state index contributed by atoms with van der Waals surface area (Å²) in [7, 11) is -5.82. The van der Waals surface area contributed by atoms with Crippen LogP contribution in [-0.4, -0.2) is 19.7 Å². The number of thiophene rings is 1. The molecule has 0 saturated heterocycles. The molecule has 0 radical (unpaired) electrons. The Balaban J connectivity index is 2.17. The van der Waals surface area contributed by atoms with Crippen LogP contribution in [0.2, 0.25) is 0 Å². The van der Waals surface area contributed by atoms with Gasteiger partial charge in [-0.1, -0.05) is 0 Å². The number of halogens is 4. The molecule has 2 aromatic rings. The van der Waals surface area contributed by atoms with E-state index >= 15 is 0 Å². The molecule has 1 aromatic carbocycles. The van der Waals surface area contributed by atoms with Gasteiger partial charge in [0.05, 0.1) is 0 Å². The first-order valence-electron chi connectivity index (χ1n) is 8.73. The van der Waals surface area contributed by atoms with Gasteiger partial charge in [-0.3, -0.25) is 0 Å². The molecular formula is C20H18F3IO4S2. The van der Waals surface area contributed by atoms with Crippen molar-refractivity contribution < 1.29 is 28.9 Å². The fraction of sp³-hybridized carbons (Fsp3) is 0.250. The molecule has 0 N–H and O–H groups in total. The van der Waals surface area contributed by atoms with E-state index in [1.54, 1.807) is 47.8 Å². The van der Waals surface area contributed by atoms with Crippen LogP contribution in [0.3, 0.4) is 0 Å². The van der Waals surface area contributed by atoms with Crippen LogP contribution in [0, 0.1) is 3.57 Å². The SMILES string of the molecule is CC1=C(C)CC(I(OS(=O)(=O)C(F)(F)F)c2ccccc2)=C(C(=O)c2cccs2)C1. The van der Waals surface area contributed by atoms with E-state index in [1.807, 2.05) is 13.8 Å². The first-order chi connectivity index (χ1) is 14.0. The van der Waals surface area contributed by atoms with Crippen LogP contribution in [0.15, 0.2) is 68.1 Å². The molecule has 0 amide bonds. The fourth-order valence-corrected chi connectivity index (χ4v) is 10.9. The Hall–Kier alpha value is -1.50. The zero-order chi connectivity index (χ0) is 22.1. The van der Waals surface area contributed by atoms with Crippen molar-refractivity contribution >= 4 is 47.5 Å². The summed E-state index contributed by atoms with van der Waals surface area (Å²) in [4.78, 5) is 13.6. The molecule has 4 nitrogen and oxygen atoms in total. The number of allylic oxidation sites excluding steroid dienone is 4. The van der Waals surface area contributed by atoms with Gasteiger partial charge in [0.25, 0.3) is 0 Å². The number of hydrogen-bond acceptors (Lipinski definition) is 5. The van der Waals surface area contributed by atoms with E-state index < -0.39 is 35.9 Å². The monoisotopic (exact) mass is 570 g/mol. The Labute approximate surface area is 184 Å². The van der Waals surface area contributed by atoms with Gasteiger partial charge >= 0.3 is 185 Å². The maximum atomic E-state index is 13.1. The van der Waals surface area contributed by atoms with Crippen LogP contribution in [0.1, 0.15) is 36.4 Å². The average Bonchev–Trinajstić information content (AvgIpc) is 3.22. The van der Waals surface area contributed by atoms with Crippen molar-refractivity contribution in [2.24, 2.45) is 0 Å². The first-order valence-corrected chi connectivity index (χ1v) is 14.1. The van der Waals surface area contributed by atoms with Gasteiger partial charge in [0.15, 0.2) is 0 Å². The third-order valence-corrected chi connectivity index (χ3v) is 12.8. The van der Waals surface area contributed by atoms with Crippen molar-refractivity contribution in [3.8, 4) is 0 Å². The van der Waals surface area contributed by atoms with E-state index in [0.29, 0.717) is 17.6 Å². The molecule has 162 valence electrons. The van der Waals surface area contributed by atoms with Gasteiger partial charge in [-0.05, 0) is 0 Å². The van der Waals surface area contributed by atoms with Gasteiger partial charge in [-0.25, -0.2) is 0 Å². The molecule has 3 rings (SSSR count). The van der Waals surface area contributed by atoms with Gasteiger partial charge in [0, 0.05) is 0 Å². The molecule has 0 aliphatic heterocycles. The zero-order valence-electron chi connectivity index (χ0n) is 16.0. The summed E-state index contributed by atoms with van der Waals surface area (Å²) >= 11 is -2.36. The minimum absolute atomic E-state index is 0.214. The van der Waals surface area contributed by atoms with Gasteiger partial charge in [0.1, 0.15) is 0 Å². The third-order valence-electron chi connectivity index (χ3n) is 4.51. The van der Waals surface area contributed by atoms with Crippen molar-refractivity contribution in [2.45, 2.75) is 32.2 Å². The average molecular weight is 570 g/mol. The van der Waals surface area contributed by atoms with Crippen molar-refractivity contribution in [3.05, 3.63) is 76.6 Å². The van der Waals surface area contributed by atoms with Crippen molar-refractivity contribution in [1.29, 1.82) is 0 Å². The van der Waals surface area contributed by atoms with Crippen LogP contribution < -0.4 is 0 Å². The number of alkyl halides is 3. The molecule has 1 heterocycles. The summed E-state index contributed by atoms with van der Waals surface area (Å²) in [5, 5.41) is 1.74. The number of carbonyl (C=O) groups is 1. The third kappa shape index (κ3) is 4.87. The molecule has 0 bridgehead atoms. The molecule has 1 aliphatic carbocycles. The summed E-state index contributed by atoms with van der Waals surface area (Å²) in [5.41, 5.74) is -3.35. The zero-order valence-corrected chi connectivity index (χ0v) is 19.8. The van der Waals surface area contributed by atoms with Crippen LogP contribution >= 0.6 is 31.6 Å². The van der Waals surface area contributed by atoms with Crippen LogP contribution in [0.4, 0.5) is 13.2 Å². The molecule has 0 saturated carbocycles. The second kappa shape index (κ2) is 8.93. The Kier molecular flexibility index (Phi) is 6.90. The number of Topliss-reactive ketones (excluding diaryl/α,β-unsaturated/α-hetero) is 1. The standard InChI is InChI=1S/C20H18F3IO4S2/c1-13-11-16(19(25)18-9-6-10-29-18)17(12-14(13)2)24(15-7-4-3-5-8-15)28-30(26,27)20(21,22)23/h3-10H,11-12H2,1-2H3. The number of hydrogen-bond donors (Lipinski definition) is 0. The normalized spacial score (nSPS) is 16.1. The number of carbonyl (C=O) groups excluding carboxylic acids is 1. The summed E-state index contributed by atoms with van der Waals surface area (Å²) in [6.07, 6.45) is 0.472. The Morgan fingerprint density at radius 1 is 1.03 bits per heavy atom. The Bertz CT molecular complexity index is 1100. The van der Waals surface area contributed by atoms with E-state index in [2.05, 4.69) is 0 Å². The van der Waals surface area contributed by atoms with Crippen molar-refractivity contribution in [3.63, 3.8) is 0 Å². The van der Waals surface area contributed by atoms with E-state index in [4.69, 9.17) is 2.51 Å². The van der Waals surface area contributed by atoms with Crippen molar-refractivity contribution in [1.82, 2.24) is 0 Å². The predicted molar refractivity (Wildman–Crippen MR) is 119 cm³/mol. The predicted octanol–water partition coefficient (Wildman–Crippen LogP) is 6.47. The summed E-state index contributed by atoms with van der Waals surface area (Å²) < 4.78 is 68.8.